The second-order valence-electron chi connectivity index (χ2n) is 9.33. The number of Topliss-reactive ketones (excluding diaryl/α,β-unsaturated/α-hetero) is 1. The van der Waals surface area contributed by atoms with Crippen molar-refractivity contribution in [3.8, 4) is 0 Å². The monoisotopic (exact) mass is 462 g/mol. The zero-order valence-electron chi connectivity index (χ0n) is 19.3. The maximum absolute atomic E-state index is 14.7. The van der Waals surface area contributed by atoms with E-state index in [2.05, 4.69) is 4.98 Å². The fourth-order valence-corrected chi connectivity index (χ4v) is 4.10. The lowest BCUT2D eigenvalue weighted by Gasteiger charge is -2.26. The number of aliphatic hydroxyl groups is 1. The Hall–Kier alpha value is -3.87. The molecular formula is C27H24F2N2O3. The molecule has 1 amide bonds. The molecule has 1 aliphatic rings. The fraction of sp³-hybridized carbons (Fsp3) is 0.222. The van der Waals surface area contributed by atoms with Gasteiger partial charge in [-0.25, -0.2) is 8.78 Å². The molecule has 3 aromatic rings. The van der Waals surface area contributed by atoms with E-state index in [0.29, 0.717) is 16.7 Å². The first-order valence-electron chi connectivity index (χ1n) is 10.8. The van der Waals surface area contributed by atoms with Gasteiger partial charge < -0.3 is 5.11 Å². The first-order valence-corrected chi connectivity index (χ1v) is 10.8. The molecule has 5 nitrogen and oxygen atoms in total. The van der Waals surface area contributed by atoms with Crippen LogP contribution < -0.4 is 4.90 Å². The predicted molar refractivity (Wildman–Crippen MR) is 125 cm³/mol. The average Bonchev–Trinajstić information content (AvgIpc) is 3.05. The van der Waals surface area contributed by atoms with Gasteiger partial charge in [-0.15, -0.1) is 0 Å². The van der Waals surface area contributed by atoms with Crippen molar-refractivity contribution < 1.29 is 23.5 Å². The zero-order valence-corrected chi connectivity index (χ0v) is 19.3. The number of benzene rings is 2. The van der Waals surface area contributed by atoms with Crippen molar-refractivity contribution in [1.29, 1.82) is 0 Å². The second-order valence-corrected chi connectivity index (χ2v) is 9.33. The minimum Gasteiger partial charge on any atom is -0.507 e. The molecule has 0 bridgehead atoms. The van der Waals surface area contributed by atoms with Gasteiger partial charge in [0.2, 0.25) is 0 Å². The summed E-state index contributed by atoms with van der Waals surface area (Å²) in [5.74, 6) is -4.04. The van der Waals surface area contributed by atoms with Crippen molar-refractivity contribution in [2.45, 2.75) is 39.2 Å². The second kappa shape index (κ2) is 8.48. The van der Waals surface area contributed by atoms with E-state index >= 15 is 0 Å². The summed E-state index contributed by atoms with van der Waals surface area (Å²) in [7, 11) is 0. The van der Waals surface area contributed by atoms with Gasteiger partial charge in [0, 0.05) is 24.0 Å². The number of nitrogens with zero attached hydrogens (tertiary/aromatic N) is 2. The number of pyridine rings is 1. The van der Waals surface area contributed by atoms with Crippen LogP contribution in [-0.2, 0) is 15.0 Å². The Kier molecular flexibility index (Phi) is 5.81. The summed E-state index contributed by atoms with van der Waals surface area (Å²) in [6.07, 6.45) is 2.92. The average molecular weight is 462 g/mol. The van der Waals surface area contributed by atoms with Crippen LogP contribution in [0.4, 0.5) is 14.5 Å². The lowest BCUT2D eigenvalue weighted by Crippen LogP contribution is -2.30. The topological polar surface area (TPSA) is 70.5 Å². The minimum atomic E-state index is -1.17. The van der Waals surface area contributed by atoms with Crippen molar-refractivity contribution in [3.05, 3.63) is 100 Å². The third-order valence-corrected chi connectivity index (χ3v) is 5.99. The molecule has 1 saturated heterocycles. The van der Waals surface area contributed by atoms with Gasteiger partial charge >= 0.3 is 0 Å². The summed E-state index contributed by atoms with van der Waals surface area (Å²) in [5.41, 5.74) is 1.61. The number of carbonyl (C=O) groups is 2. The summed E-state index contributed by atoms with van der Waals surface area (Å²) in [4.78, 5) is 31.2. The molecule has 2 heterocycles. The highest BCUT2D eigenvalue weighted by Gasteiger charge is 2.48. The minimum absolute atomic E-state index is 0.200. The number of carbonyl (C=O) groups excluding carboxylic acids is 2. The molecule has 1 atom stereocenters. The Morgan fingerprint density at radius 3 is 2.32 bits per heavy atom. The van der Waals surface area contributed by atoms with Gasteiger partial charge in [0.15, 0.2) is 0 Å². The van der Waals surface area contributed by atoms with E-state index in [0.717, 1.165) is 28.7 Å². The van der Waals surface area contributed by atoms with Crippen LogP contribution in [0.2, 0.25) is 0 Å². The molecular weight excluding hydrogens is 438 g/mol. The molecule has 0 radical (unpaired) electrons. The normalized spacial score (nSPS) is 17.9. The molecule has 1 fully saturated rings. The molecule has 0 saturated carbocycles. The Morgan fingerprint density at radius 1 is 1.00 bits per heavy atom. The van der Waals surface area contributed by atoms with Gasteiger partial charge in [0.1, 0.15) is 17.4 Å². The van der Waals surface area contributed by atoms with Crippen molar-refractivity contribution in [2.75, 3.05) is 4.90 Å². The molecule has 174 valence electrons. The van der Waals surface area contributed by atoms with Crippen molar-refractivity contribution in [3.63, 3.8) is 0 Å². The number of amides is 1. The Balaban J connectivity index is 2.00. The van der Waals surface area contributed by atoms with E-state index in [4.69, 9.17) is 0 Å². The van der Waals surface area contributed by atoms with E-state index < -0.39 is 29.4 Å². The molecule has 1 aromatic heterocycles. The Bertz CT molecular complexity index is 1330. The Labute approximate surface area is 196 Å². The smallest absolute Gasteiger partial charge is 0.300 e. The van der Waals surface area contributed by atoms with Crippen LogP contribution in [0.1, 0.15) is 49.1 Å². The van der Waals surface area contributed by atoms with Gasteiger partial charge in [-0.3, -0.25) is 19.5 Å². The summed E-state index contributed by atoms with van der Waals surface area (Å²) in [6, 6.07) is 10.2. The van der Waals surface area contributed by atoms with Gasteiger partial charge in [-0.05, 0) is 59.4 Å². The molecule has 2 aromatic carbocycles. The maximum Gasteiger partial charge on any atom is 0.300 e. The van der Waals surface area contributed by atoms with Crippen LogP contribution in [0.25, 0.3) is 5.76 Å². The SMILES string of the molecule is Cc1ccc(C(C)(C)C)cc1/C(O)=C1\C(=O)C(=O)N(c2cc(F)ccc2F)C1c1ccncc1. The molecule has 1 aliphatic heterocycles. The highest BCUT2D eigenvalue weighted by atomic mass is 19.1. The molecule has 4 rings (SSSR count). The van der Waals surface area contributed by atoms with Gasteiger partial charge in [0.25, 0.3) is 11.7 Å². The highest BCUT2D eigenvalue weighted by molar-refractivity contribution is 6.51. The zero-order chi connectivity index (χ0) is 24.8. The van der Waals surface area contributed by atoms with Crippen molar-refractivity contribution in [1.82, 2.24) is 4.98 Å². The lowest BCUT2D eigenvalue weighted by molar-refractivity contribution is -0.132. The number of rotatable bonds is 3. The highest BCUT2D eigenvalue weighted by Crippen LogP contribution is 2.43. The third kappa shape index (κ3) is 3.98. The van der Waals surface area contributed by atoms with Crippen molar-refractivity contribution in [2.24, 2.45) is 0 Å². The largest absolute Gasteiger partial charge is 0.507 e. The Morgan fingerprint density at radius 2 is 1.68 bits per heavy atom. The number of aryl methyl sites for hydroxylation is 1. The quantitative estimate of drug-likeness (QED) is 0.313. The van der Waals surface area contributed by atoms with Crippen LogP contribution in [0.5, 0.6) is 0 Å². The number of aromatic nitrogens is 1. The van der Waals surface area contributed by atoms with Crippen LogP contribution in [0.15, 0.2) is 66.5 Å². The van der Waals surface area contributed by atoms with Crippen LogP contribution in [-0.4, -0.2) is 21.8 Å². The number of anilines is 1. The van der Waals surface area contributed by atoms with Crippen LogP contribution in [0.3, 0.4) is 0 Å². The first kappa shape index (κ1) is 23.3. The predicted octanol–water partition coefficient (Wildman–Crippen LogP) is 5.59. The summed E-state index contributed by atoms with van der Waals surface area (Å²) >= 11 is 0. The molecule has 0 spiro atoms. The van der Waals surface area contributed by atoms with Crippen LogP contribution >= 0.6 is 0 Å². The van der Waals surface area contributed by atoms with E-state index in [1.54, 1.807) is 25.1 Å². The maximum atomic E-state index is 14.7. The number of ketones is 1. The van der Waals surface area contributed by atoms with E-state index in [9.17, 15) is 23.5 Å². The van der Waals surface area contributed by atoms with Gasteiger partial charge in [-0.1, -0.05) is 32.9 Å². The number of aliphatic hydroxyl groups excluding tert-OH is 1. The van der Waals surface area contributed by atoms with Crippen molar-refractivity contribution >= 4 is 23.1 Å². The number of halogens is 2. The van der Waals surface area contributed by atoms with E-state index in [1.165, 1.54) is 12.4 Å². The third-order valence-electron chi connectivity index (χ3n) is 5.99. The first-order chi connectivity index (χ1) is 16.0. The molecule has 0 aliphatic carbocycles. The van der Waals surface area contributed by atoms with E-state index in [1.807, 2.05) is 32.9 Å². The van der Waals surface area contributed by atoms with Gasteiger partial charge in [-0.2, -0.15) is 0 Å². The fourth-order valence-electron chi connectivity index (χ4n) is 4.10. The molecule has 1 unspecified atom stereocenters. The lowest BCUT2D eigenvalue weighted by atomic mass is 9.84. The summed E-state index contributed by atoms with van der Waals surface area (Å²) in [5, 5.41) is 11.4. The summed E-state index contributed by atoms with van der Waals surface area (Å²) in [6.45, 7) is 7.84. The number of hydrogen-bond acceptors (Lipinski definition) is 4. The van der Waals surface area contributed by atoms with Gasteiger partial charge in [0.05, 0.1) is 17.3 Å². The standard InChI is InChI=1S/C27H24F2N2O3/c1-15-5-6-17(27(2,3)4)13-19(15)24(32)22-23(16-9-11-30-12-10-16)31(26(34)25(22)33)21-14-18(28)7-8-20(21)29/h5-14,23,32H,1-4H3/b24-22+. The molecule has 1 N–H and O–H groups in total. The summed E-state index contributed by atoms with van der Waals surface area (Å²) < 4.78 is 28.8. The van der Waals surface area contributed by atoms with E-state index in [-0.39, 0.29) is 22.4 Å². The number of hydrogen-bond donors (Lipinski definition) is 1. The molecule has 7 heteroatoms. The molecule has 34 heavy (non-hydrogen) atoms. The van der Waals surface area contributed by atoms with Crippen LogP contribution in [0, 0.1) is 18.6 Å².